The molecule has 0 saturated heterocycles. The molecule has 1 aromatic rings. The van der Waals surface area contributed by atoms with Crippen LogP contribution >= 0.6 is 15.9 Å². The Balaban J connectivity index is 3.16. The minimum absolute atomic E-state index is 0.197. The van der Waals surface area contributed by atoms with Gasteiger partial charge in [0.25, 0.3) is 0 Å². The SMILES string of the molecule is CCn1nc(C#N)c(Br)c1CC(C)(C)C. The van der Waals surface area contributed by atoms with Crippen LogP contribution < -0.4 is 0 Å². The van der Waals surface area contributed by atoms with E-state index in [4.69, 9.17) is 5.26 Å². The molecule has 0 bridgehead atoms. The first-order valence-electron chi connectivity index (χ1n) is 5.04. The number of halogens is 1. The van der Waals surface area contributed by atoms with E-state index in [1.165, 1.54) is 0 Å². The standard InChI is InChI=1S/C11H16BrN3/c1-5-15-9(6-11(2,3)4)10(12)8(7-13)14-15/h5-6H2,1-4H3. The molecular formula is C11H16BrN3. The molecule has 0 saturated carbocycles. The Morgan fingerprint density at radius 1 is 1.47 bits per heavy atom. The van der Waals surface area contributed by atoms with Crippen LogP contribution in [0.5, 0.6) is 0 Å². The van der Waals surface area contributed by atoms with E-state index < -0.39 is 0 Å². The quantitative estimate of drug-likeness (QED) is 0.828. The lowest BCUT2D eigenvalue weighted by atomic mass is 9.90. The minimum Gasteiger partial charge on any atom is -0.267 e. The van der Waals surface area contributed by atoms with Crippen molar-refractivity contribution in [2.75, 3.05) is 0 Å². The van der Waals surface area contributed by atoms with E-state index >= 15 is 0 Å². The van der Waals surface area contributed by atoms with Gasteiger partial charge in [0, 0.05) is 6.54 Å². The van der Waals surface area contributed by atoms with Crippen molar-refractivity contribution in [2.45, 2.75) is 40.7 Å². The van der Waals surface area contributed by atoms with E-state index in [9.17, 15) is 0 Å². The largest absolute Gasteiger partial charge is 0.267 e. The van der Waals surface area contributed by atoms with E-state index in [0.717, 1.165) is 23.1 Å². The average Bonchev–Trinajstić information content (AvgIpc) is 2.42. The maximum Gasteiger partial charge on any atom is 0.176 e. The molecule has 1 rings (SSSR count). The van der Waals surface area contributed by atoms with Gasteiger partial charge in [-0.25, -0.2) is 0 Å². The zero-order valence-electron chi connectivity index (χ0n) is 9.63. The van der Waals surface area contributed by atoms with E-state index in [0.29, 0.717) is 5.69 Å². The van der Waals surface area contributed by atoms with E-state index in [1.807, 2.05) is 11.6 Å². The van der Waals surface area contributed by atoms with E-state index in [2.05, 4.69) is 47.9 Å². The van der Waals surface area contributed by atoms with Gasteiger partial charge in [0.2, 0.25) is 0 Å². The number of nitrogens with zero attached hydrogens (tertiary/aromatic N) is 3. The topological polar surface area (TPSA) is 41.6 Å². The number of aryl methyl sites for hydroxylation is 1. The third-order valence-corrected chi connectivity index (χ3v) is 2.93. The Hall–Kier alpha value is -0.820. The van der Waals surface area contributed by atoms with Crippen LogP contribution in [0.1, 0.15) is 39.1 Å². The van der Waals surface area contributed by atoms with Gasteiger partial charge in [0.15, 0.2) is 5.69 Å². The van der Waals surface area contributed by atoms with Crippen molar-refractivity contribution in [3.8, 4) is 6.07 Å². The summed E-state index contributed by atoms with van der Waals surface area (Å²) >= 11 is 3.45. The van der Waals surface area contributed by atoms with Crippen molar-refractivity contribution < 1.29 is 0 Å². The molecule has 3 nitrogen and oxygen atoms in total. The zero-order chi connectivity index (χ0) is 11.6. The molecule has 0 aliphatic heterocycles. The highest BCUT2D eigenvalue weighted by atomic mass is 79.9. The third-order valence-electron chi connectivity index (χ3n) is 2.10. The first kappa shape index (κ1) is 12.3. The van der Waals surface area contributed by atoms with Crippen LogP contribution in [-0.2, 0) is 13.0 Å². The summed E-state index contributed by atoms with van der Waals surface area (Å²) in [4.78, 5) is 0. The molecule has 4 heteroatoms. The highest BCUT2D eigenvalue weighted by Gasteiger charge is 2.20. The molecule has 0 fully saturated rings. The fraction of sp³-hybridized carbons (Fsp3) is 0.636. The van der Waals surface area contributed by atoms with Gasteiger partial charge in [-0.05, 0) is 34.7 Å². The van der Waals surface area contributed by atoms with Crippen molar-refractivity contribution in [3.05, 3.63) is 15.9 Å². The fourth-order valence-corrected chi connectivity index (χ4v) is 1.99. The molecule has 1 heterocycles. The molecule has 0 unspecified atom stereocenters. The van der Waals surface area contributed by atoms with Crippen molar-refractivity contribution in [2.24, 2.45) is 5.41 Å². The van der Waals surface area contributed by atoms with Gasteiger partial charge in [-0.15, -0.1) is 0 Å². The summed E-state index contributed by atoms with van der Waals surface area (Å²) in [6.07, 6.45) is 0.913. The van der Waals surface area contributed by atoms with Crippen LogP contribution in [0.15, 0.2) is 4.47 Å². The summed E-state index contributed by atoms with van der Waals surface area (Å²) in [5, 5.41) is 13.1. The monoisotopic (exact) mass is 269 g/mol. The molecule has 0 aliphatic rings. The number of hydrogen-bond donors (Lipinski definition) is 0. The second kappa shape index (κ2) is 4.36. The van der Waals surface area contributed by atoms with E-state index in [-0.39, 0.29) is 5.41 Å². The number of rotatable bonds is 2. The first-order valence-corrected chi connectivity index (χ1v) is 5.83. The Labute approximate surface area is 99.2 Å². The highest BCUT2D eigenvalue weighted by Crippen LogP contribution is 2.28. The Morgan fingerprint density at radius 2 is 2.07 bits per heavy atom. The second-order valence-corrected chi connectivity index (χ2v) is 5.57. The van der Waals surface area contributed by atoms with Gasteiger partial charge in [0.05, 0.1) is 10.2 Å². The van der Waals surface area contributed by atoms with Crippen molar-refractivity contribution in [3.63, 3.8) is 0 Å². The van der Waals surface area contributed by atoms with Gasteiger partial charge in [-0.3, -0.25) is 4.68 Å². The lowest BCUT2D eigenvalue weighted by molar-refractivity contribution is 0.393. The van der Waals surface area contributed by atoms with Crippen LogP contribution in [0.4, 0.5) is 0 Å². The van der Waals surface area contributed by atoms with Crippen LogP contribution in [0, 0.1) is 16.7 Å². The van der Waals surface area contributed by atoms with Crippen LogP contribution in [-0.4, -0.2) is 9.78 Å². The fourth-order valence-electron chi connectivity index (χ4n) is 1.48. The Bertz CT molecular complexity index is 393. The number of aromatic nitrogens is 2. The summed E-state index contributed by atoms with van der Waals surface area (Å²) in [6.45, 7) is 9.37. The summed E-state index contributed by atoms with van der Waals surface area (Å²) in [5.74, 6) is 0. The van der Waals surface area contributed by atoms with Crippen molar-refractivity contribution >= 4 is 15.9 Å². The highest BCUT2D eigenvalue weighted by molar-refractivity contribution is 9.10. The van der Waals surface area contributed by atoms with Crippen molar-refractivity contribution in [1.82, 2.24) is 9.78 Å². The maximum absolute atomic E-state index is 8.89. The molecule has 0 aliphatic carbocycles. The molecule has 0 N–H and O–H groups in total. The molecule has 0 spiro atoms. The number of hydrogen-bond acceptors (Lipinski definition) is 2. The molecular weight excluding hydrogens is 254 g/mol. The smallest absolute Gasteiger partial charge is 0.176 e. The summed E-state index contributed by atoms with van der Waals surface area (Å²) in [6, 6.07) is 2.10. The molecule has 1 aromatic heterocycles. The lowest BCUT2D eigenvalue weighted by Crippen LogP contribution is -2.14. The number of nitriles is 1. The summed E-state index contributed by atoms with van der Waals surface area (Å²) in [5.41, 5.74) is 1.79. The molecule has 15 heavy (non-hydrogen) atoms. The average molecular weight is 270 g/mol. The van der Waals surface area contributed by atoms with Crippen LogP contribution in [0.3, 0.4) is 0 Å². The van der Waals surface area contributed by atoms with Crippen LogP contribution in [0.25, 0.3) is 0 Å². The van der Waals surface area contributed by atoms with Crippen LogP contribution in [0.2, 0.25) is 0 Å². The van der Waals surface area contributed by atoms with Gasteiger partial charge in [0.1, 0.15) is 6.07 Å². The summed E-state index contributed by atoms with van der Waals surface area (Å²) in [7, 11) is 0. The molecule has 0 amide bonds. The Morgan fingerprint density at radius 3 is 2.47 bits per heavy atom. The first-order chi connectivity index (χ1) is 6.89. The Kier molecular flexibility index (Phi) is 3.56. The third kappa shape index (κ3) is 2.82. The predicted octanol–water partition coefficient (Wildman–Crippen LogP) is 3.13. The van der Waals surface area contributed by atoms with Gasteiger partial charge in [-0.2, -0.15) is 10.4 Å². The zero-order valence-corrected chi connectivity index (χ0v) is 11.2. The minimum atomic E-state index is 0.197. The normalized spacial score (nSPS) is 11.5. The molecule has 0 radical (unpaired) electrons. The summed E-state index contributed by atoms with van der Waals surface area (Å²) < 4.78 is 2.75. The van der Waals surface area contributed by atoms with Crippen molar-refractivity contribution in [1.29, 1.82) is 5.26 Å². The molecule has 0 atom stereocenters. The predicted molar refractivity (Wildman–Crippen MR) is 63.5 cm³/mol. The second-order valence-electron chi connectivity index (χ2n) is 4.77. The van der Waals surface area contributed by atoms with Gasteiger partial charge < -0.3 is 0 Å². The lowest BCUT2D eigenvalue weighted by Gasteiger charge is -2.18. The van der Waals surface area contributed by atoms with E-state index in [1.54, 1.807) is 0 Å². The maximum atomic E-state index is 8.89. The molecule has 0 aromatic carbocycles. The van der Waals surface area contributed by atoms with Gasteiger partial charge in [-0.1, -0.05) is 20.8 Å². The molecule has 82 valence electrons. The van der Waals surface area contributed by atoms with Gasteiger partial charge >= 0.3 is 0 Å².